The summed E-state index contributed by atoms with van der Waals surface area (Å²) >= 11 is 0. The van der Waals surface area contributed by atoms with Crippen molar-refractivity contribution < 1.29 is 0 Å². The maximum Gasteiger partial charge on any atom is 0.0648 e. The maximum atomic E-state index is 5.69. The van der Waals surface area contributed by atoms with E-state index in [2.05, 4.69) is 10.5 Å². The van der Waals surface area contributed by atoms with Gasteiger partial charge in [0.25, 0.3) is 0 Å². The number of hydrogen-bond acceptors (Lipinski definition) is 3. The molecule has 0 aliphatic carbocycles. The molecule has 3 nitrogen and oxygen atoms in total. The number of anilines is 2. The zero-order valence-electron chi connectivity index (χ0n) is 9.72. The van der Waals surface area contributed by atoms with Crippen LogP contribution in [0.25, 0.3) is 0 Å². The van der Waals surface area contributed by atoms with Gasteiger partial charge in [0.1, 0.15) is 0 Å². The molecule has 86 valence electrons. The van der Waals surface area contributed by atoms with Gasteiger partial charge < -0.3 is 5.73 Å². The SMILES string of the molecule is C/C(=N\Nc1cccc(N)c1)c1ccccc1. The Bertz CT molecular complexity index is 518. The Balaban J connectivity index is 2.11. The lowest BCUT2D eigenvalue weighted by Gasteiger charge is -2.04. The molecule has 0 amide bonds. The molecule has 0 aliphatic rings. The third-order valence-corrected chi connectivity index (χ3v) is 2.43. The first kappa shape index (κ1) is 11.2. The number of nitrogens with zero attached hydrogens (tertiary/aromatic N) is 1. The predicted octanol–water partition coefficient (Wildman–Crippen LogP) is 3.10. The molecule has 0 spiro atoms. The smallest absolute Gasteiger partial charge is 0.0648 e. The maximum absolute atomic E-state index is 5.69. The van der Waals surface area contributed by atoms with Crippen LogP contribution in [0.15, 0.2) is 59.7 Å². The highest BCUT2D eigenvalue weighted by atomic mass is 15.3. The zero-order chi connectivity index (χ0) is 12.1. The van der Waals surface area contributed by atoms with Crippen LogP contribution in [0.4, 0.5) is 11.4 Å². The molecule has 0 unspecified atom stereocenters. The molecule has 0 saturated carbocycles. The normalized spacial score (nSPS) is 11.2. The molecule has 0 bridgehead atoms. The lowest BCUT2D eigenvalue weighted by atomic mass is 10.1. The van der Waals surface area contributed by atoms with Crippen LogP contribution >= 0.6 is 0 Å². The molecule has 0 saturated heterocycles. The minimum absolute atomic E-state index is 0.725. The van der Waals surface area contributed by atoms with Crippen molar-refractivity contribution in [1.82, 2.24) is 0 Å². The second-order valence-electron chi connectivity index (χ2n) is 3.80. The fourth-order valence-corrected chi connectivity index (χ4v) is 1.50. The lowest BCUT2D eigenvalue weighted by Crippen LogP contribution is -1.99. The third kappa shape index (κ3) is 3.08. The Morgan fingerprint density at radius 2 is 1.82 bits per heavy atom. The Hall–Kier alpha value is -2.29. The van der Waals surface area contributed by atoms with E-state index in [9.17, 15) is 0 Å². The van der Waals surface area contributed by atoms with Crippen LogP contribution in [0.1, 0.15) is 12.5 Å². The molecule has 2 aromatic carbocycles. The Morgan fingerprint density at radius 3 is 2.53 bits per heavy atom. The van der Waals surface area contributed by atoms with Crippen LogP contribution < -0.4 is 11.2 Å². The van der Waals surface area contributed by atoms with Gasteiger partial charge >= 0.3 is 0 Å². The van der Waals surface area contributed by atoms with Crippen LogP contribution in [0, 0.1) is 0 Å². The average Bonchev–Trinajstić information content (AvgIpc) is 2.37. The van der Waals surface area contributed by atoms with Gasteiger partial charge in [0.2, 0.25) is 0 Å². The van der Waals surface area contributed by atoms with E-state index in [0.717, 1.165) is 22.6 Å². The summed E-state index contributed by atoms with van der Waals surface area (Å²) in [5.41, 5.74) is 12.3. The van der Waals surface area contributed by atoms with Gasteiger partial charge in [-0.3, -0.25) is 5.43 Å². The van der Waals surface area contributed by atoms with E-state index in [0.29, 0.717) is 0 Å². The highest BCUT2D eigenvalue weighted by Gasteiger charge is 1.95. The topological polar surface area (TPSA) is 50.4 Å². The van der Waals surface area contributed by atoms with Crippen molar-refractivity contribution in [3.63, 3.8) is 0 Å². The summed E-state index contributed by atoms with van der Waals surface area (Å²) in [6, 6.07) is 17.6. The first-order chi connectivity index (χ1) is 8.25. The molecule has 2 rings (SSSR count). The number of rotatable bonds is 3. The molecule has 3 N–H and O–H groups in total. The van der Waals surface area contributed by atoms with Crippen molar-refractivity contribution in [3.05, 3.63) is 60.2 Å². The predicted molar refractivity (Wildman–Crippen MR) is 73.1 cm³/mol. The highest BCUT2D eigenvalue weighted by Crippen LogP contribution is 2.12. The van der Waals surface area contributed by atoms with E-state index in [1.807, 2.05) is 61.5 Å². The van der Waals surface area contributed by atoms with Crippen LogP contribution in [-0.4, -0.2) is 5.71 Å². The number of nitrogens with two attached hydrogens (primary N) is 1. The van der Waals surface area contributed by atoms with E-state index in [1.54, 1.807) is 0 Å². The third-order valence-electron chi connectivity index (χ3n) is 2.43. The van der Waals surface area contributed by atoms with Gasteiger partial charge in [-0.25, -0.2) is 0 Å². The highest BCUT2D eigenvalue weighted by molar-refractivity contribution is 5.99. The molecular formula is C14H15N3. The summed E-state index contributed by atoms with van der Waals surface area (Å²) in [5, 5.41) is 4.32. The fourth-order valence-electron chi connectivity index (χ4n) is 1.50. The summed E-state index contributed by atoms with van der Waals surface area (Å²) in [7, 11) is 0. The first-order valence-corrected chi connectivity index (χ1v) is 5.47. The van der Waals surface area contributed by atoms with Gasteiger partial charge in [-0.05, 0) is 30.7 Å². The molecule has 3 heteroatoms. The largest absolute Gasteiger partial charge is 0.399 e. The molecule has 0 heterocycles. The molecular weight excluding hydrogens is 210 g/mol. The number of nitrogens with one attached hydrogen (secondary N) is 1. The number of benzene rings is 2. The van der Waals surface area contributed by atoms with Gasteiger partial charge in [0.15, 0.2) is 0 Å². The van der Waals surface area contributed by atoms with Gasteiger partial charge in [-0.2, -0.15) is 5.10 Å². The van der Waals surface area contributed by atoms with E-state index >= 15 is 0 Å². The second kappa shape index (κ2) is 5.16. The van der Waals surface area contributed by atoms with Crippen molar-refractivity contribution in [3.8, 4) is 0 Å². The van der Waals surface area contributed by atoms with Crippen molar-refractivity contribution in [2.75, 3.05) is 11.2 Å². The molecule has 0 aromatic heterocycles. The van der Waals surface area contributed by atoms with Crippen molar-refractivity contribution in [1.29, 1.82) is 0 Å². The molecule has 0 fully saturated rings. The zero-order valence-corrected chi connectivity index (χ0v) is 9.72. The number of hydrogen-bond donors (Lipinski definition) is 2. The second-order valence-corrected chi connectivity index (χ2v) is 3.80. The first-order valence-electron chi connectivity index (χ1n) is 5.47. The molecule has 0 aliphatic heterocycles. The van der Waals surface area contributed by atoms with Crippen LogP contribution in [0.2, 0.25) is 0 Å². The van der Waals surface area contributed by atoms with Crippen LogP contribution in [-0.2, 0) is 0 Å². The molecule has 0 radical (unpaired) electrons. The van der Waals surface area contributed by atoms with Crippen LogP contribution in [0.5, 0.6) is 0 Å². The molecule has 17 heavy (non-hydrogen) atoms. The molecule has 0 atom stereocenters. The summed E-state index contributed by atoms with van der Waals surface area (Å²) in [6.07, 6.45) is 0. The van der Waals surface area contributed by atoms with Crippen molar-refractivity contribution >= 4 is 17.1 Å². The Morgan fingerprint density at radius 1 is 1.06 bits per heavy atom. The average molecular weight is 225 g/mol. The van der Waals surface area contributed by atoms with E-state index in [-0.39, 0.29) is 0 Å². The monoisotopic (exact) mass is 225 g/mol. The summed E-state index contributed by atoms with van der Waals surface area (Å²) in [5.74, 6) is 0. The van der Waals surface area contributed by atoms with Gasteiger partial charge in [0, 0.05) is 5.69 Å². The standard InChI is InChI=1S/C14H15N3/c1-11(12-6-3-2-4-7-12)16-17-14-9-5-8-13(15)10-14/h2-10,17H,15H2,1H3/b16-11+. The fraction of sp³-hybridized carbons (Fsp3) is 0.0714. The van der Waals surface area contributed by atoms with Crippen LogP contribution in [0.3, 0.4) is 0 Å². The quantitative estimate of drug-likeness (QED) is 0.479. The molecule has 2 aromatic rings. The number of hydrazone groups is 1. The van der Waals surface area contributed by atoms with Gasteiger partial charge in [0.05, 0.1) is 11.4 Å². The van der Waals surface area contributed by atoms with Crippen molar-refractivity contribution in [2.24, 2.45) is 5.10 Å². The van der Waals surface area contributed by atoms with Gasteiger partial charge in [-0.15, -0.1) is 0 Å². The van der Waals surface area contributed by atoms with E-state index in [1.165, 1.54) is 0 Å². The Kier molecular flexibility index (Phi) is 3.40. The minimum atomic E-state index is 0.725. The van der Waals surface area contributed by atoms with E-state index in [4.69, 9.17) is 5.73 Å². The minimum Gasteiger partial charge on any atom is -0.399 e. The lowest BCUT2D eigenvalue weighted by molar-refractivity contribution is 1.32. The summed E-state index contributed by atoms with van der Waals surface area (Å²) in [6.45, 7) is 1.97. The summed E-state index contributed by atoms with van der Waals surface area (Å²) in [4.78, 5) is 0. The van der Waals surface area contributed by atoms with Crippen molar-refractivity contribution in [2.45, 2.75) is 6.92 Å². The number of nitrogen functional groups attached to an aromatic ring is 1. The Labute approximate surface area is 101 Å². The van der Waals surface area contributed by atoms with E-state index < -0.39 is 0 Å². The van der Waals surface area contributed by atoms with Gasteiger partial charge in [-0.1, -0.05) is 36.4 Å². The summed E-state index contributed by atoms with van der Waals surface area (Å²) < 4.78 is 0.